The van der Waals surface area contributed by atoms with Gasteiger partial charge in [-0.25, -0.2) is 0 Å². The predicted molar refractivity (Wildman–Crippen MR) is 195 cm³/mol. The summed E-state index contributed by atoms with van der Waals surface area (Å²) in [6, 6.07) is 21.5. The fraction of sp³-hybridized carbons (Fsp3) is 0.0789. The molecule has 6 rings (SSSR count). The predicted octanol–water partition coefficient (Wildman–Crippen LogP) is 5.70. The number of fused-ring (bicyclic) bond motifs is 10. The smallest absolute Gasteiger partial charge is 0.259 e. The normalized spacial score (nSPS) is 13.2. The number of rotatable bonds is 3. The Bertz CT molecular complexity index is 2320. The topological polar surface area (TPSA) is 214 Å². The molecule has 0 saturated carbocycles. The average Bonchev–Trinajstić information content (AvgIpc) is 3.15. The fourth-order valence-electron chi connectivity index (χ4n) is 5.71. The second-order valence-electron chi connectivity index (χ2n) is 11.3. The summed E-state index contributed by atoms with van der Waals surface area (Å²) in [6.07, 6.45) is 0. The van der Waals surface area contributed by atoms with Crippen LogP contribution in [0.3, 0.4) is 0 Å². The SMILES string of the molecule is COc1c2cccc1C(=O)Nc1cccc(c1O)C(=O)Nc1cccc(c1OC)C(=O)Nc1cccc(c1OC)C(=O)Nc1cccc(c1O)C(=O)N2. The van der Waals surface area contributed by atoms with E-state index in [0.717, 1.165) is 0 Å². The first-order valence-corrected chi connectivity index (χ1v) is 15.8. The number of ether oxygens (including phenoxy) is 3. The standard InChI is InChI=1S/C38H31N5O10/c1-51-31-21-11-6-16-26(31)41-34(46)19-9-4-15-25(29(19)44)40-37(49)22-12-7-18-28(32(22)52-2)43-38(50)23-13-8-17-27(33(23)53-3)42-35(47)20-10-5-14-24(30(20)45)39-36(21)48/h4-18,44-45H,1-3H3,(H,39,48)(H,40,49)(H,41,46)(H,42,47)(H,43,50). The second kappa shape index (κ2) is 14.7. The molecule has 15 nitrogen and oxygen atoms in total. The van der Waals surface area contributed by atoms with Gasteiger partial charge in [-0.2, -0.15) is 0 Å². The maximum absolute atomic E-state index is 13.6. The Labute approximate surface area is 301 Å². The highest BCUT2D eigenvalue weighted by Crippen LogP contribution is 2.37. The van der Waals surface area contributed by atoms with Gasteiger partial charge in [-0.1, -0.05) is 30.3 Å². The van der Waals surface area contributed by atoms with Crippen LogP contribution >= 0.6 is 0 Å². The van der Waals surface area contributed by atoms with Gasteiger partial charge in [-0.3, -0.25) is 24.0 Å². The number of hydrogen-bond donors (Lipinski definition) is 7. The number of amides is 5. The van der Waals surface area contributed by atoms with Gasteiger partial charge in [0.1, 0.15) is 0 Å². The minimum atomic E-state index is -0.808. The van der Waals surface area contributed by atoms with Crippen LogP contribution < -0.4 is 40.8 Å². The molecule has 0 saturated heterocycles. The lowest BCUT2D eigenvalue weighted by Crippen LogP contribution is -2.19. The number of carbonyl (C=O) groups excluding carboxylic acids is 5. The number of carbonyl (C=O) groups is 5. The lowest BCUT2D eigenvalue weighted by atomic mass is 10.1. The van der Waals surface area contributed by atoms with Gasteiger partial charge in [0.15, 0.2) is 28.7 Å². The largest absolute Gasteiger partial charge is 0.505 e. The van der Waals surface area contributed by atoms with Gasteiger partial charge in [-0.05, 0) is 60.7 Å². The number of hydrogen-bond acceptors (Lipinski definition) is 10. The molecule has 0 unspecified atom stereocenters. The summed E-state index contributed by atoms with van der Waals surface area (Å²) in [5, 5.41) is 35.3. The Morgan fingerprint density at radius 1 is 0.358 bits per heavy atom. The molecular weight excluding hydrogens is 686 g/mol. The Hall–Kier alpha value is -7.55. The molecule has 0 aromatic heterocycles. The van der Waals surface area contributed by atoms with Crippen LogP contribution in [-0.2, 0) is 0 Å². The number of anilines is 5. The van der Waals surface area contributed by atoms with Gasteiger partial charge in [0.25, 0.3) is 29.5 Å². The third-order valence-corrected chi connectivity index (χ3v) is 8.19. The highest BCUT2D eigenvalue weighted by atomic mass is 16.5. The van der Waals surface area contributed by atoms with E-state index in [1.165, 1.54) is 112 Å². The summed E-state index contributed by atoms with van der Waals surface area (Å²) in [5.74, 6) is -5.03. The summed E-state index contributed by atoms with van der Waals surface area (Å²) >= 11 is 0. The fourth-order valence-corrected chi connectivity index (χ4v) is 5.71. The zero-order valence-electron chi connectivity index (χ0n) is 28.3. The lowest BCUT2D eigenvalue weighted by Gasteiger charge is -2.17. The Balaban J connectivity index is 1.48. The van der Waals surface area contributed by atoms with Gasteiger partial charge in [0.05, 0.1) is 77.6 Å². The van der Waals surface area contributed by atoms with E-state index in [9.17, 15) is 34.2 Å². The number of nitrogens with one attached hydrogen (secondary N) is 5. The van der Waals surface area contributed by atoms with E-state index in [4.69, 9.17) is 14.2 Å². The van der Waals surface area contributed by atoms with Crippen LogP contribution in [0, 0.1) is 0 Å². The number of methoxy groups -OCH3 is 3. The Kier molecular flexibility index (Phi) is 9.81. The first-order chi connectivity index (χ1) is 25.6. The second-order valence-corrected chi connectivity index (χ2v) is 11.3. The number of para-hydroxylation sites is 5. The first kappa shape index (κ1) is 35.3. The molecule has 1 aliphatic rings. The van der Waals surface area contributed by atoms with Crippen molar-refractivity contribution < 1.29 is 48.4 Å². The van der Waals surface area contributed by atoms with Crippen molar-refractivity contribution in [2.24, 2.45) is 0 Å². The van der Waals surface area contributed by atoms with Crippen LogP contribution in [0.15, 0.2) is 91.0 Å². The van der Waals surface area contributed by atoms with Crippen molar-refractivity contribution in [1.29, 1.82) is 0 Å². The van der Waals surface area contributed by atoms with E-state index in [1.54, 1.807) is 0 Å². The molecule has 0 radical (unpaired) electrons. The third-order valence-electron chi connectivity index (χ3n) is 8.19. The van der Waals surface area contributed by atoms with Crippen LogP contribution in [-0.4, -0.2) is 61.1 Å². The minimum absolute atomic E-state index is 0.00541. The molecule has 5 amide bonds. The summed E-state index contributed by atoms with van der Waals surface area (Å²) in [7, 11) is 3.88. The van der Waals surface area contributed by atoms with Gasteiger partial charge in [0, 0.05) is 0 Å². The molecule has 5 aromatic rings. The Morgan fingerprint density at radius 2 is 0.585 bits per heavy atom. The van der Waals surface area contributed by atoms with Crippen LogP contribution in [0.2, 0.25) is 0 Å². The highest BCUT2D eigenvalue weighted by Gasteiger charge is 2.26. The van der Waals surface area contributed by atoms with E-state index >= 15 is 0 Å². The number of phenols is 2. The van der Waals surface area contributed by atoms with E-state index < -0.39 is 41.0 Å². The van der Waals surface area contributed by atoms with Crippen molar-refractivity contribution in [2.45, 2.75) is 0 Å². The van der Waals surface area contributed by atoms with Crippen molar-refractivity contribution in [3.63, 3.8) is 0 Å². The summed E-state index contributed by atoms with van der Waals surface area (Å²) in [4.78, 5) is 67.7. The molecule has 1 heterocycles. The van der Waals surface area contributed by atoms with Gasteiger partial charge >= 0.3 is 0 Å². The molecule has 0 spiro atoms. The maximum atomic E-state index is 13.6. The zero-order chi connectivity index (χ0) is 37.8. The lowest BCUT2D eigenvalue weighted by molar-refractivity contribution is 0.101. The molecule has 7 N–H and O–H groups in total. The van der Waals surface area contributed by atoms with E-state index in [2.05, 4.69) is 26.6 Å². The molecular formula is C38H31N5O10. The molecule has 1 aliphatic heterocycles. The van der Waals surface area contributed by atoms with Crippen LogP contribution in [0.5, 0.6) is 28.7 Å². The van der Waals surface area contributed by atoms with Crippen molar-refractivity contribution in [3.8, 4) is 28.7 Å². The highest BCUT2D eigenvalue weighted by molar-refractivity contribution is 6.15. The van der Waals surface area contributed by atoms with E-state index in [0.29, 0.717) is 0 Å². The number of phenolic OH excluding ortho intramolecular Hbond substituents is 2. The summed E-state index contributed by atoms with van der Waals surface area (Å²) in [6.45, 7) is 0. The van der Waals surface area contributed by atoms with Gasteiger partial charge in [0.2, 0.25) is 0 Å². The van der Waals surface area contributed by atoms with Crippen LogP contribution in [0.1, 0.15) is 51.8 Å². The minimum Gasteiger partial charge on any atom is -0.505 e. The van der Waals surface area contributed by atoms with E-state index in [1.807, 2.05) is 0 Å². The average molecular weight is 718 g/mol. The third kappa shape index (κ3) is 6.81. The molecule has 10 bridgehead atoms. The van der Waals surface area contributed by atoms with Crippen LogP contribution in [0.25, 0.3) is 0 Å². The monoisotopic (exact) mass is 717 g/mol. The zero-order valence-corrected chi connectivity index (χ0v) is 28.3. The van der Waals surface area contributed by atoms with Crippen molar-refractivity contribution >= 4 is 58.0 Å². The molecule has 0 aliphatic carbocycles. The molecule has 0 atom stereocenters. The van der Waals surface area contributed by atoms with Crippen molar-refractivity contribution in [1.82, 2.24) is 0 Å². The van der Waals surface area contributed by atoms with Crippen LogP contribution in [0.4, 0.5) is 28.4 Å². The van der Waals surface area contributed by atoms with Gasteiger partial charge < -0.3 is 51.0 Å². The summed E-state index contributed by atoms with van der Waals surface area (Å²) in [5.41, 5.74) is -0.531. The summed E-state index contributed by atoms with van der Waals surface area (Å²) < 4.78 is 16.5. The first-order valence-electron chi connectivity index (χ1n) is 15.8. The molecule has 53 heavy (non-hydrogen) atoms. The molecule has 268 valence electrons. The Morgan fingerprint density at radius 3 is 0.868 bits per heavy atom. The number of benzene rings is 5. The number of aromatic hydroxyl groups is 2. The molecule has 0 fully saturated rings. The molecule has 15 heteroatoms. The van der Waals surface area contributed by atoms with Crippen molar-refractivity contribution in [3.05, 3.63) is 119 Å². The van der Waals surface area contributed by atoms with Gasteiger partial charge in [-0.15, -0.1) is 0 Å². The van der Waals surface area contributed by atoms with E-state index in [-0.39, 0.29) is 73.5 Å². The maximum Gasteiger partial charge on any atom is 0.259 e. The molecule has 5 aromatic carbocycles. The van der Waals surface area contributed by atoms with Crippen molar-refractivity contribution in [2.75, 3.05) is 47.9 Å². The quantitative estimate of drug-likeness (QED) is 0.113.